The van der Waals surface area contributed by atoms with Gasteiger partial charge in [-0.1, -0.05) is 19.1 Å². The standard InChI is InChI=1S/C23H39N5O2/c1-18(19-6-8-21(30-3)9-7-19)10-14-27-23(25-2)26-13-4-5-15-28-16-11-20(12-17-28)22(24)29/h6-9,18,20H,4-5,10-17H2,1-3H3,(H2,24,29)(H2,25,26,27). The number of piperidine rings is 1. The number of guanidine groups is 1. The Kier molecular flexibility index (Phi) is 10.5. The molecule has 1 heterocycles. The number of ether oxygens (including phenoxy) is 1. The number of methoxy groups -OCH3 is 1. The van der Waals surface area contributed by atoms with Crippen molar-refractivity contribution in [2.45, 2.75) is 44.9 Å². The maximum absolute atomic E-state index is 11.2. The van der Waals surface area contributed by atoms with Gasteiger partial charge in [-0.25, -0.2) is 0 Å². The van der Waals surface area contributed by atoms with E-state index in [4.69, 9.17) is 10.5 Å². The number of primary amides is 1. The van der Waals surface area contributed by atoms with Crippen LogP contribution in [0.2, 0.25) is 0 Å². The molecule has 0 aromatic heterocycles. The van der Waals surface area contributed by atoms with E-state index in [1.54, 1.807) is 7.11 Å². The lowest BCUT2D eigenvalue weighted by molar-refractivity contribution is -0.123. The van der Waals surface area contributed by atoms with E-state index in [2.05, 4.69) is 39.6 Å². The lowest BCUT2D eigenvalue weighted by atomic mass is 9.96. The molecule has 4 N–H and O–H groups in total. The van der Waals surface area contributed by atoms with E-state index in [0.29, 0.717) is 5.92 Å². The van der Waals surface area contributed by atoms with Gasteiger partial charge in [-0.05, 0) is 75.4 Å². The summed E-state index contributed by atoms with van der Waals surface area (Å²) in [5, 5.41) is 6.81. The Labute approximate surface area is 181 Å². The van der Waals surface area contributed by atoms with Crippen LogP contribution in [0.15, 0.2) is 29.3 Å². The molecule has 1 unspecified atom stereocenters. The van der Waals surface area contributed by atoms with E-state index in [9.17, 15) is 4.79 Å². The van der Waals surface area contributed by atoms with Crippen LogP contribution in [-0.2, 0) is 4.79 Å². The Bertz CT molecular complexity index is 654. The monoisotopic (exact) mass is 417 g/mol. The Morgan fingerprint density at radius 3 is 2.47 bits per heavy atom. The van der Waals surface area contributed by atoms with E-state index in [-0.39, 0.29) is 11.8 Å². The van der Waals surface area contributed by atoms with Gasteiger partial charge in [0, 0.05) is 26.1 Å². The maximum atomic E-state index is 11.2. The molecule has 1 aromatic rings. The molecule has 1 saturated heterocycles. The molecule has 0 aliphatic carbocycles. The number of carbonyl (C=O) groups is 1. The first-order chi connectivity index (χ1) is 14.5. The minimum absolute atomic E-state index is 0.0738. The Morgan fingerprint density at radius 1 is 1.20 bits per heavy atom. The molecule has 30 heavy (non-hydrogen) atoms. The summed E-state index contributed by atoms with van der Waals surface area (Å²) in [6, 6.07) is 8.29. The van der Waals surface area contributed by atoms with Gasteiger partial charge in [0.05, 0.1) is 7.11 Å². The second kappa shape index (κ2) is 13.1. The molecule has 0 saturated carbocycles. The molecule has 1 amide bonds. The van der Waals surface area contributed by atoms with Crippen LogP contribution in [0.4, 0.5) is 0 Å². The van der Waals surface area contributed by atoms with E-state index < -0.39 is 0 Å². The number of carbonyl (C=O) groups excluding carboxylic acids is 1. The zero-order valence-electron chi connectivity index (χ0n) is 18.8. The van der Waals surface area contributed by atoms with Gasteiger partial charge in [0.2, 0.25) is 5.91 Å². The molecule has 1 aliphatic heterocycles. The fraction of sp³-hybridized carbons (Fsp3) is 0.652. The van der Waals surface area contributed by atoms with Crippen molar-refractivity contribution in [1.29, 1.82) is 0 Å². The van der Waals surface area contributed by atoms with Crippen molar-refractivity contribution < 1.29 is 9.53 Å². The van der Waals surface area contributed by atoms with Crippen molar-refractivity contribution in [2.24, 2.45) is 16.6 Å². The number of benzene rings is 1. The Balaban J connectivity index is 1.55. The fourth-order valence-electron chi connectivity index (χ4n) is 3.84. The highest BCUT2D eigenvalue weighted by molar-refractivity contribution is 5.79. The van der Waals surface area contributed by atoms with Crippen LogP contribution in [0.3, 0.4) is 0 Å². The van der Waals surface area contributed by atoms with Crippen LogP contribution in [0.1, 0.15) is 50.5 Å². The summed E-state index contributed by atoms with van der Waals surface area (Å²) in [5.41, 5.74) is 6.72. The molecule has 0 radical (unpaired) electrons. The minimum atomic E-state index is -0.142. The normalized spacial score (nSPS) is 16.8. The number of aliphatic imine (C=N–C) groups is 1. The quantitative estimate of drug-likeness (QED) is 0.292. The number of hydrogen-bond donors (Lipinski definition) is 3. The summed E-state index contributed by atoms with van der Waals surface area (Å²) in [4.78, 5) is 18.0. The first-order valence-electron chi connectivity index (χ1n) is 11.1. The maximum Gasteiger partial charge on any atom is 0.220 e. The van der Waals surface area contributed by atoms with Crippen LogP contribution in [-0.4, -0.2) is 63.6 Å². The molecule has 1 aliphatic rings. The second-order valence-electron chi connectivity index (χ2n) is 8.11. The van der Waals surface area contributed by atoms with E-state index in [1.807, 2.05) is 19.2 Å². The lowest BCUT2D eigenvalue weighted by Gasteiger charge is -2.30. The van der Waals surface area contributed by atoms with Crippen molar-refractivity contribution in [1.82, 2.24) is 15.5 Å². The van der Waals surface area contributed by atoms with Crippen molar-refractivity contribution in [3.05, 3.63) is 29.8 Å². The first kappa shape index (κ1) is 24.0. The highest BCUT2D eigenvalue weighted by Gasteiger charge is 2.22. The number of unbranched alkanes of at least 4 members (excludes halogenated alkanes) is 1. The second-order valence-corrected chi connectivity index (χ2v) is 8.11. The first-order valence-corrected chi connectivity index (χ1v) is 11.1. The molecular formula is C23H39N5O2. The summed E-state index contributed by atoms with van der Waals surface area (Å²) in [5.74, 6) is 2.16. The lowest BCUT2D eigenvalue weighted by Crippen LogP contribution is -2.40. The molecule has 1 fully saturated rings. The van der Waals surface area contributed by atoms with Crippen LogP contribution >= 0.6 is 0 Å². The number of nitrogens with one attached hydrogen (secondary N) is 2. The molecule has 7 heteroatoms. The molecule has 0 spiro atoms. The van der Waals surface area contributed by atoms with Crippen LogP contribution in [0.5, 0.6) is 5.75 Å². The summed E-state index contributed by atoms with van der Waals surface area (Å²) >= 11 is 0. The molecular weight excluding hydrogens is 378 g/mol. The third-order valence-electron chi connectivity index (χ3n) is 5.96. The van der Waals surface area contributed by atoms with Crippen molar-refractivity contribution in [2.75, 3.05) is 46.9 Å². The van der Waals surface area contributed by atoms with Gasteiger partial charge < -0.3 is 26.0 Å². The molecule has 1 atom stereocenters. The van der Waals surface area contributed by atoms with Gasteiger partial charge in [0.25, 0.3) is 0 Å². The van der Waals surface area contributed by atoms with Gasteiger partial charge in [-0.3, -0.25) is 9.79 Å². The van der Waals surface area contributed by atoms with Crippen LogP contribution in [0, 0.1) is 5.92 Å². The predicted octanol–water partition coefficient (Wildman–Crippen LogP) is 2.33. The SMILES string of the molecule is CN=C(NCCCCN1CCC(C(N)=O)CC1)NCCC(C)c1ccc(OC)cc1. The third-order valence-corrected chi connectivity index (χ3v) is 5.96. The summed E-state index contributed by atoms with van der Waals surface area (Å²) in [6.07, 6.45) is 5.07. The molecule has 168 valence electrons. The zero-order chi connectivity index (χ0) is 21.8. The highest BCUT2D eigenvalue weighted by atomic mass is 16.5. The molecule has 1 aromatic carbocycles. The van der Waals surface area contributed by atoms with Crippen molar-refractivity contribution >= 4 is 11.9 Å². The third kappa shape index (κ3) is 8.22. The highest BCUT2D eigenvalue weighted by Crippen LogP contribution is 2.21. The topological polar surface area (TPSA) is 92.0 Å². The average Bonchev–Trinajstić information content (AvgIpc) is 2.77. The molecule has 0 bridgehead atoms. The van der Waals surface area contributed by atoms with Gasteiger partial charge in [-0.2, -0.15) is 0 Å². The van der Waals surface area contributed by atoms with E-state index in [1.165, 1.54) is 5.56 Å². The summed E-state index contributed by atoms with van der Waals surface area (Å²) in [7, 11) is 3.50. The zero-order valence-corrected chi connectivity index (χ0v) is 18.8. The number of rotatable bonds is 11. The average molecular weight is 418 g/mol. The van der Waals surface area contributed by atoms with Gasteiger partial charge >= 0.3 is 0 Å². The van der Waals surface area contributed by atoms with E-state index >= 15 is 0 Å². The van der Waals surface area contributed by atoms with Crippen molar-refractivity contribution in [3.63, 3.8) is 0 Å². The largest absolute Gasteiger partial charge is 0.497 e. The summed E-state index contributed by atoms with van der Waals surface area (Å²) < 4.78 is 5.22. The number of hydrogen-bond acceptors (Lipinski definition) is 4. The van der Waals surface area contributed by atoms with Gasteiger partial charge in [0.1, 0.15) is 5.75 Å². The van der Waals surface area contributed by atoms with Gasteiger partial charge in [-0.15, -0.1) is 0 Å². The fourth-order valence-corrected chi connectivity index (χ4v) is 3.84. The molecule has 2 rings (SSSR count). The van der Waals surface area contributed by atoms with Crippen molar-refractivity contribution in [3.8, 4) is 5.75 Å². The van der Waals surface area contributed by atoms with E-state index in [0.717, 1.165) is 76.5 Å². The van der Waals surface area contributed by atoms with Gasteiger partial charge in [0.15, 0.2) is 5.96 Å². The van der Waals surface area contributed by atoms with Crippen LogP contribution in [0.25, 0.3) is 0 Å². The number of nitrogens with zero attached hydrogens (tertiary/aromatic N) is 2. The Morgan fingerprint density at radius 2 is 1.87 bits per heavy atom. The molecule has 7 nitrogen and oxygen atoms in total. The minimum Gasteiger partial charge on any atom is -0.497 e. The number of nitrogens with two attached hydrogens (primary N) is 1. The smallest absolute Gasteiger partial charge is 0.220 e. The summed E-state index contributed by atoms with van der Waals surface area (Å²) in [6.45, 7) is 7.07. The van der Waals surface area contributed by atoms with Crippen LogP contribution < -0.4 is 21.1 Å². The Hall–Kier alpha value is -2.28. The number of likely N-dealkylation sites (tertiary alicyclic amines) is 1. The number of amides is 1. The predicted molar refractivity (Wildman–Crippen MR) is 123 cm³/mol.